The van der Waals surface area contributed by atoms with Crippen LogP contribution in [0.2, 0.25) is 0 Å². The number of nitrogens with two attached hydrogens (primary N) is 1. The van der Waals surface area contributed by atoms with Crippen LogP contribution in [0.15, 0.2) is 0 Å². The van der Waals surface area contributed by atoms with Gasteiger partial charge in [0.1, 0.15) is 0 Å². The van der Waals surface area contributed by atoms with Crippen molar-refractivity contribution in [3.8, 4) is 0 Å². The van der Waals surface area contributed by atoms with Gasteiger partial charge >= 0.3 is 0 Å². The third-order valence-corrected chi connectivity index (χ3v) is 3.28. The summed E-state index contributed by atoms with van der Waals surface area (Å²) in [7, 11) is 0. The molecule has 0 aromatic carbocycles. The summed E-state index contributed by atoms with van der Waals surface area (Å²) in [6, 6.07) is 0. The van der Waals surface area contributed by atoms with Crippen molar-refractivity contribution in [2.24, 2.45) is 11.1 Å². The standard InChI is InChI=1S/C11H22N2O2/c12-7-4-10(15)13-8-11(9-14)5-2-1-3-6-11/h14H,1-9,12H2,(H,13,15). The molecule has 1 rings (SSSR count). The van der Waals surface area contributed by atoms with E-state index in [1.165, 1.54) is 6.42 Å². The van der Waals surface area contributed by atoms with Crippen LogP contribution in [0.3, 0.4) is 0 Å². The largest absolute Gasteiger partial charge is 0.396 e. The van der Waals surface area contributed by atoms with Crippen molar-refractivity contribution in [2.75, 3.05) is 19.7 Å². The number of nitrogens with one attached hydrogen (secondary N) is 1. The van der Waals surface area contributed by atoms with Gasteiger partial charge in [-0.25, -0.2) is 0 Å². The van der Waals surface area contributed by atoms with Gasteiger partial charge in [-0.2, -0.15) is 0 Å². The number of amides is 1. The molecule has 0 saturated heterocycles. The Balaban J connectivity index is 2.35. The van der Waals surface area contributed by atoms with Crippen LogP contribution in [0.1, 0.15) is 38.5 Å². The maximum Gasteiger partial charge on any atom is 0.221 e. The Morgan fingerprint density at radius 1 is 1.33 bits per heavy atom. The second-order valence-electron chi connectivity index (χ2n) is 4.53. The van der Waals surface area contributed by atoms with Gasteiger partial charge in [0.2, 0.25) is 5.91 Å². The molecule has 0 aromatic rings. The first-order valence-electron chi connectivity index (χ1n) is 5.80. The normalized spacial score (nSPS) is 19.9. The van der Waals surface area contributed by atoms with Crippen LogP contribution in [-0.4, -0.2) is 30.7 Å². The molecule has 1 aliphatic carbocycles. The first kappa shape index (κ1) is 12.5. The van der Waals surface area contributed by atoms with Gasteiger partial charge in [0.05, 0.1) is 6.61 Å². The number of carbonyl (C=O) groups excluding carboxylic acids is 1. The highest BCUT2D eigenvalue weighted by molar-refractivity contribution is 5.76. The molecule has 1 fully saturated rings. The molecule has 4 nitrogen and oxygen atoms in total. The van der Waals surface area contributed by atoms with Gasteiger partial charge in [0.15, 0.2) is 0 Å². The van der Waals surface area contributed by atoms with Crippen LogP contribution in [0, 0.1) is 5.41 Å². The molecule has 0 radical (unpaired) electrons. The van der Waals surface area contributed by atoms with Gasteiger partial charge in [-0.05, 0) is 12.8 Å². The van der Waals surface area contributed by atoms with Crippen LogP contribution >= 0.6 is 0 Å². The Kier molecular flexibility index (Phi) is 5.05. The minimum atomic E-state index is -0.0670. The Morgan fingerprint density at radius 3 is 2.53 bits per heavy atom. The van der Waals surface area contributed by atoms with E-state index < -0.39 is 0 Å². The van der Waals surface area contributed by atoms with Gasteiger partial charge in [0, 0.05) is 24.9 Å². The zero-order valence-electron chi connectivity index (χ0n) is 9.30. The van der Waals surface area contributed by atoms with Crippen molar-refractivity contribution in [3.63, 3.8) is 0 Å². The van der Waals surface area contributed by atoms with Gasteiger partial charge in [-0.1, -0.05) is 19.3 Å². The summed E-state index contributed by atoms with van der Waals surface area (Å²) in [6.45, 7) is 1.16. The zero-order valence-corrected chi connectivity index (χ0v) is 9.30. The lowest BCUT2D eigenvalue weighted by Gasteiger charge is -2.35. The Morgan fingerprint density at radius 2 is 2.00 bits per heavy atom. The average molecular weight is 214 g/mol. The van der Waals surface area contributed by atoms with Crippen LogP contribution in [0.25, 0.3) is 0 Å². The molecule has 1 amide bonds. The average Bonchev–Trinajstić information content (AvgIpc) is 2.28. The zero-order chi connectivity index (χ0) is 11.1. The second kappa shape index (κ2) is 6.08. The highest BCUT2D eigenvalue weighted by Gasteiger charge is 2.31. The van der Waals surface area contributed by atoms with Crippen molar-refractivity contribution >= 4 is 5.91 Å². The molecule has 0 aliphatic heterocycles. The molecular weight excluding hydrogens is 192 g/mol. The number of hydrogen-bond acceptors (Lipinski definition) is 3. The number of carbonyl (C=O) groups is 1. The summed E-state index contributed by atoms with van der Waals surface area (Å²) in [5.74, 6) is -0.00380. The van der Waals surface area contributed by atoms with E-state index in [0.717, 1.165) is 25.7 Å². The van der Waals surface area contributed by atoms with Crippen molar-refractivity contribution in [3.05, 3.63) is 0 Å². The van der Waals surface area contributed by atoms with Crippen molar-refractivity contribution < 1.29 is 9.90 Å². The van der Waals surface area contributed by atoms with Crippen LogP contribution in [-0.2, 0) is 4.79 Å². The molecule has 4 heteroatoms. The Bertz CT molecular complexity index is 201. The molecule has 0 aromatic heterocycles. The fraction of sp³-hybridized carbons (Fsp3) is 0.909. The molecule has 88 valence electrons. The Hall–Kier alpha value is -0.610. The molecule has 0 spiro atoms. The molecule has 1 saturated carbocycles. The summed E-state index contributed by atoms with van der Waals surface area (Å²) in [6.07, 6.45) is 5.99. The predicted molar refractivity (Wildman–Crippen MR) is 59.3 cm³/mol. The highest BCUT2D eigenvalue weighted by atomic mass is 16.3. The Labute approximate surface area is 91.2 Å². The molecular formula is C11H22N2O2. The molecule has 0 unspecified atom stereocenters. The quantitative estimate of drug-likeness (QED) is 0.620. The number of rotatable bonds is 5. The van der Waals surface area contributed by atoms with Gasteiger partial charge < -0.3 is 16.2 Å². The SMILES string of the molecule is NCCC(=O)NCC1(CO)CCCCC1. The maximum atomic E-state index is 11.3. The van der Waals surface area contributed by atoms with E-state index in [1.807, 2.05) is 0 Å². The highest BCUT2D eigenvalue weighted by Crippen LogP contribution is 2.35. The number of aliphatic hydroxyl groups excluding tert-OH is 1. The van der Waals surface area contributed by atoms with Crippen LogP contribution < -0.4 is 11.1 Å². The minimum Gasteiger partial charge on any atom is -0.396 e. The maximum absolute atomic E-state index is 11.3. The summed E-state index contributed by atoms with van der Waals surface area (Å²) in [5.41, 5.74) is 5.23. The lowest BCUT2D eigenvalue weighted by molar-refractivity contribution is -0.121. The van der Waals surface area contributed by atoms with Crippen molar-refractivity contribution in [2.45, 2.75) is 38.5 Å². The van der Waals surface area contributed by atoms with Gasteiger partial charge in [-0.3, -0.25) is 4.79 Å². The molecule has 0 heterocycles. The lowest BCUT2D eigenvalue weighted by Crippen LogP contribution is -2.41. The molecule has 0 atom stereocenters. The van der Waals surface area contributed by atoms with Gasteiger partial charge in [0.25, 0.3) is 0 Å². The second-order valence-corrected chi connectivity index (χ2v) is 4.53. The topological polar surface area (TPSA) is 75.4 Å². The van der Waals surface area contributed by atoms with E-state index in [-0.39, 0.29) is 17.9 Å². The first-order valence-corrected chi connectivity index (χ1v) is 5.80. The van der Waals surface area contributed by atoms with E-state index >= 15 is 0 Å². The van der Waals surface area contributed by atoms with E-state index in [0.29, 0.717) is 19.5 Å². The monoisotopic (exact) mass is 214 g/mol. The van der Waals surface area contributed by atoms with Crippen molar-refractivity contribution in [1.29, 1.82) is 0 Å². The third kappa shape index (κ3) is 3.80. The third-order valence-electron chi connectivity index (χ3n) is 3.28. The molecule has 4 N–H and O–H groups in total. The fourth-order valence-corrected chi connectivity index (χ4v) is 2.20. The lowest BCUT2D eigenvalue weighted by atomic mass is 9.74. The molecule has 1 aliphatic rings. The van der Waals surface area contributed by atoms with Crippen molar-refractivity contribution in [1.82, 2.24) is 5.32 Å². The number of hydrogen-bond donors (Lipinski definition) is 3. The van der Waals surface area contributed by atoms with E-state index in [4.69, 9.17) is 5.73 Å². The minimum absolute atomic E-state index is 0.00380. The van der Waals surface area contributed by atoms with E-state index in [1.54, 1.807) is 0 Å². The van der Waals surface area contributed by atoms with E-state index in [2.05, 4.69) is 5.32 Å². The van der Waals surface area contributed by atoms with Gasteiger partial charge in [-0.15, -0.1) is 0 Å². The van der Waals surface area contributed by atoms with E-state index in [9.17, 15) is 9.90 Å². The fourth-order valence-electron chi connectivity index (χ4n) is 2.20. The summed E-state index contributed by atoms with van der Waals surface area (Å²) >= 11 is 0. The summed E-state index contributed by atoms with van der Waals surface area (Å²) in [4.78, 5) is 11.3. The summed E-state index contributed by atoms with van der Waals surface area (Å²) in [5, 5.41) is 12.3. The first-order chi connectivity index (χ1) is 7.22. The summed E-state index contributed by atoms with van der Waals surface area (Å²) < 4.78 is 0. The number of aliphatic hydroxyl groups is 1. The molecule has 0 bridgehead atoms. The predicted octanol–water partition coefficient (Wildman–Crippen LogP) is 0.394. The van der Waals surface area contributed by atoms with Crippen LogP contribution in [0.4, 0.5) is 0 Å². The smallest absolute Gasteiger partial charge is 0.221 e. The van der Waals surface area contributed by atoms with Crippen LogP contribution in [0.5, 0.6) is 0 Å². The molecule has 15 heavy (non-hydrogen) atoms.